The molecule has 0 fully saturated rings. The van der Waals surface area contributed by atoms with Crippen molar-refractivity contribution in [3.63, 3.8) is 0 Å². The average molecular weight is 388 g/mol. The Morgan fingerprint density at radius 3 is 2.21 bits per heavy atom. The monoisotopic (exact) mass is 388 g/mol. The lowest BCUT2D eigenvalue weighted by molar-refractivity contribution is -0.119. The Morgan fingerprint density at radius 2 is 1.64 bits per heavy atom. The second-order valence-corrected chi connectivity index (χ2v) is 5.63. The number of phenolic OH excluding ortho intramolecular Hbond substituents is 1. The van der Waals surface area contributed by atoms with E-state index in [0.717, 1.165) is 6.08 Å². The molecule has 0 radical (unpaired) electrons. The van der Waals surface area contributed by atoms with Crippen molar-refractivity contribution in [3.05, 3.63) is 45.7 Å². The molecular formula is C19H16O9. The van der Waals surface area contributed by atoms with Crippen LogP contribution in [0.2, 0.25) is 0 Å². The molecule has 9 nitrogen and oxygen atoms in total. The second-order valence-electron chi connectivity index (χ2n) is 5.63. The molecule has 1 aromatic carbocycles. The molecule has 1 heterocycles. The van der Waals surface area contributed by atoms with Crippen LogP contribution in [0.4, 0.5) is 0 Å². The molecule has 0 bridgehead atoms. The first-order valence-electron chi connectivity index (χ1n) is 7.93. The fourth-order valence-electron chi connectivity index (χ4n) is 2.88. The number of rotatable bonds is 5. The van der Waals surface area contributed by atoms with Crippen molar-refractivity contribution in [1.82, 2.24) is 0 Å². The maximum atomic E-state index is 12.9. The number of fused-ring (bicyclic) bond motifs is 1. The smallest absolute Gasteiger partial charge is 0.263 e. The van der Waals surface area contributed by atoms with Gasteiger partial charge in [-0.2, -0.15) is 0 Å². The minimum atomic E-state index is -0.733. The lowest BCUT2D eigenvalue weighted by Crippen LogP contribution is -2.22. The summed E-state index contributed by atoms with van der Waals surface area (Å²) in [6, 6.07) is 2.60. The molecule has 0 saturated carbocycles. The van der Waals surface area contributed by atoms with Crippen LogP contribution in [-0.2, 0) is 19.1 Å². The van der Waals surface area contributed by atoms with E-state index in [2.05, 4.69) is 0 Å². The highest BCUT2D eigenvalue weighted by atomic mass is 16.5. The van der Waals surface area contributed by atoms with Gasteiger partial charge in [0.25, 0.3) is 5.78 Å². The van der Waals surface area contributed by atoms with Crippen molar-refractivity contribution >= 4 is 28.1 Å². The molecule has 0 aliphatic heterocycles. The molecule has 1 N–H and O–H groups in total. The summed E-state index contributed by atoms with van der Waals surface area (Å²) in [7, 11) is 5.00. The van der Waals surface area contributed by atoms with E-state index in [0.29, 0.717) is 0 Å². The van der Waals surface area contributed by atoms with Crippen LogP contribution in [-0.4, -0.2) is 45.1 Å². The van der Waals surface area contributed by atoms with Crippen LogP contribution in [0.15, 0.2) is 38.9 Å². The van der Waals surface area contributed by atoms with E-state index >= 15 is 0 Å². The van der Waals surface area contributed by atoms with Crippen molar-refractivity contribution in [2.45, 2.75) is 0 Å². The van der Waals surface area contributed by atoms with Crippen LogP contribution in [0.25, 0.3) is 16.5 Å². The predicted octanol–water partition coefficient (Wildman–Crippen LogP) is 1.56. The van der Waals surface area contributed by atoms with Gasteiger partial charge in [0, 0.05) is 18.2 Å². The van der Waals surface area contributed by atoms with Crippen molar-refractivity contribution < 1.29 is 38.1 Å². The SMILES string of the molecule is COC1=CC(=O)C(c2oc3cc(OC)cc(O)c3c(=O)c2OC)=C(OC)C1=O. The topological polar surface area (TPSA) is 122 Å². The summed E-state index contributed by atoms with van der Waals surface area (Å²) in [5.74, 6) is -2.80. The molecule has 3 rings (SSSR count). The van der Waals surface area contributed by atoms with E-state index in [-0.39, 0.29) is 51.1 Å². The summed E-state index contributed by atoms with van der Waals surface area (Å²) in [5.41, 5.74) is -1.10. The minimum Gasteiger partial charge on any atom is -0.507 e. The van der Waals surface area contributed by atoms with Crippen molar-refractivity contribution in [3.8, 4) is 17.2 Å². The quantitative estimate of drug-likeness (QED) is 0.760. The summed E-state index contributed by atoms with van der Waals surface area (Å²) < 4.78 is 25.9. The average Bonchev–Trinajstić information content (AvgIpc) is 2.68. The zero-order valence-electron chi connectivity index (χ0n) is 15.4. The van der Waals surface area contributed by atoms with Gasteiger partial charge in [0.05, 0.1) is 28.4 Å². The number of benzene rings is 1. The second kappa shape index (κ2) is 7.10. The van der Waals surface area contributed by atoms with Gasteiger partial charge in [-0.25, -0.2) is 0 Å². The van der Waals surface area contributed by atoms with Gasteiger partial charge in [-0.3, -0.25) is 14.4 Å². The Kier molecular flexibility index (Phi) is 4.83. The first-order valence-corrected chi connectivity index (χ1v) is 7.93. The van der Waals surface area contributed by atoms with E-state index in [4.69, 9.17) is 23.4 Å². The van der Waals surface area contributed by atoms with Crippen molar-refractivity contribution in [2.24, 2.45) is 0 Å². The van der Waals surface area contributed by atoms with Gasteiger partial charge >= 0.3 is 0 Å². The molecule has 2 aromatic rings. The molecule has 0 spiro atoms. The van der Waals surface area contributed by atoms with Gasteiger partial charge in [0.2, 0.25) is 11.2 Å². The number of methoxy groups -OCH3 is 4. The van der Waals surface area contributed by atoms with Crippen LogP contribution >= 0.6 is 0 Å². The van der Waals surface area contributed by atoms with Gasteiger partial charge in [-0.15, -0.1) is 0 Å². The maximum Gasteiger partial charge on any atom is 0.263 e. The van der Waals surface area contributed by atoms with E-state index in [9.17, 15) is 19.5 Å². The number of ketones is 2. The molecule has 1 aliphatic carbocycles. The zero-order valence-corrected chi connectivity index (χ0v) is 15.4. The number of carbonyl (C=O) groups is 2. The van der Waals surface area contributed by atoms with Crippen LogP contribution in [0.3, 0.4) is 0 Å². The fraction of sp³-hybridized carbons (Fsp3) is 0.211. The van der Waals surface area contributed by atoms with E-state index in [1.54, 1.807) is 0 Å². The Morgan fingerprint density at radius 1 is 0.929 bits per heavy atom. The number of carbonyl (C=O) groups excluding carboxylic acids is 2. The third kappa shape index (κ3) is 2.77. The summed E-state index contributed by atoms with van der Waals surface area (Å²) in [4.78, 5) is 38.0. The van der Waals surface area contributed by atoms with E-state index < -0.39 is 17.0 Å². The molecule has 0 amide bonds. The highest BCUT2D eigenvalue weighted by Gasteiger charge is 2.36. The van der Waals surface area contributed by atoms with Gasteiger partial charge in [-0.05, 0) is 0 Å². The highest BCUT2D eigenvalue weighted by Crippen LogP contribution is 2.37. The lowest BCUT2D eigenvalue weighted by atomic mass is 9.96. The number of ether oxygens (including phenoxy) is 4. The van der Waals surface area contributed by atoms with Crippen LogP contribution < -0.4 is 14.9 Å². The van der Waals surface area contributed by atoms with E-state index in [1.165, 1.54) is 40.6 Å². The largest absolute Gasteiger partial charge is 0.507 e. The molecule has 0 saturated heterocycles. The standard InChI is InChI=1S/C19H16O9/c1-24-8-5-9(20)13-11(6-8)28-18(19(27-4)16(13)23)14-10(21)7-12(25-2)15(22)17(14)26-3/h5-7,20H,1-4H3. The molecule has 0 unspecified atom stereocenters. The Labute approximate surface area is 158 Å². The van der Waals surface area contributed by atoms with E-state index in [1.807, 2.05) is 0 Å². The summed E-state index contributed by atoms with van der Waals surface area (Å²) in [5, 5.41) is 10.0. The highest BCUT2D eigenvalue weighted by molar-refractivity contribution is 6.36. The third-order valence-electron chi connectivity index (χ3n) is 4.16. The first kappa shape index (κ1) is 19.0. The lowest BCUT2D eigenvalue weighted by Gasteiger charge is -2.18. The van der Waals surface area contributed by atoms with Gasteiger partial charge < -0.3 is 28.5 Å². The first-order chi connectivity index (χ1) is 13.4. The number of hydrogen-bond acceptors (Lipinski definition) is 9. The van der Waals surface area contributed by atoms with Crippen molar-refractivity contribution in [2.75, 3.05) is 28.4 Å². The molecule has 1 aliphatic rings. The summed E-state index contributed by atoms with van der Waals surface area (Å²) in [6.07, 6.45) is 0.965. The van der Waals surface area contributed by atoms with Gasteiger partial charge in [0.15, 0.2) is 23.1 Å². The normalized spacial score (nSPS) is 14.2. The molecule has 146 valence electrons. The molecule has 9 heteroatoms. The maximum absolute atomic E-state index is 12.9. The minimum absolute atomic E-state index is 0.0672. The fourth-order valence-corrected chi connectivity index (χ4v) is 2.88. The predicted molar refractivity (Wildman–Crippen MR) is 96.3 cm³/mol. The molecule has 1 aromatic heterocycles. The Hall–Kier alpha value is -3.75. The number of phenols is 1. The number of allylic oxidation sites excluding steroid dienone is 2. The molecule has 28 heavy (non-hydrogen) atoms. The van der Waals surface area contributed by atoms with Crippen molar-refractivity contribution in [1.29, 1.82) is 0 Å². The van der Waals surface area contributed by atoms with Gasteiger partial charge in [0.1, 0.15) is 28.0 Å². The van der Waals surface area contributed by atoms with Crippen LogP contribution in [0.1, 0.15) is 5.76 Å². The number of hydrogen-bond donors (Lipinski definition) is 1. The Bertz CT molecular complexity index is 1120. The zero-order chi connectivity index (χ0) is 20.6. The summed E-state index contributed by atoms with van der Waals surface area (Å²) >= 11 is 0. The van der Waals surface area contributed by atoms with Crippen LogP contribution in [0.5, 0.6) is 17.2 Å². The molecular weight excluding hydrogens is 372 g/mol. The number of aromatic hydroxyl groups is 1. The Balaban J connectivity index is 2.41. The van der Waals surface area contributed by atoms with Gasteiger partial charge in [-0.1, -0.05) is 0 Å². The van der Waals surface area contributed by atoms with Crippen LogP contribution in [0, 0.1) is 0 Å². The third-order valence-corrected chi connectivity index (χ3v) is 4.16. The molecule has 0 atom stereocenters. The number of Topliss-reactive ketones (excluding diaryl/α,β-unsaturated/α-hetero) is 1. The summed E-state index contributed by atoms with van der Waals surface area (Å²) in [6.45, 7) is 0.